The SMILES string of the molecule is O=C(O)CCCCCN1C(=O)C(=O)/C(=C(\O)c2ccc(F)cc2)C1c1ccc(O)cc1. The topological polar surface area (TPSA) is 115 Å². The van der Waals surface area contributed by atoms with Crippen molar-refractivity contribution in [2.45, 2.75) is 31.7 Å². The molecular formula is C23H22FNO6. The fraction of sp³-hybridized carbons (Fsp3) is 0.261. The van der Waals surface area contributed by atoms with Crippen LogP contribution in [0.25, 0.3) is 5.76 Å². The first-order chi connectivity index (χ1) is 14.8. The first-order valence-corrected chi connectivity index (χ1v) is 9.84. The second-order valence-electron chi connectivity index (χ2n) is 7.30. The van der Waals surface area contributed by atoms with Gasteiger partial charge in [-0.05, 0) is 54.8 Å². The van der Waals surface area contributed by atoms with Crippen LogP contribution in [0.15, 0.2) is 54.1 Å². The normalized spacial score (nSPS) is 17.8. The lowest BCUT2D eigenvalue weighted by Gasteiger charge is -2.25. The summed E-state index contributed by atoms with van der Waals surface area (Å²) in [5.41, 5.74) is 0.601. The lowest BCUT2D eigenvalue weighted by Crippen LogP contribution is -2.30. The number of halogens is 1. The monoisotopic (exact) mass is 427 g/mol. The van der Waals surface area contributed by atoms with Crippen LogP contribution in [-0.2, 0) is 14.4 Å². The lowest BCUT2D eigenvalue weighted by atomic mass is 9.95. The molecular weight excluding hydrogens is 405 g/mol. The van der Waals surface area contributed by atoms with Crippen molar-refractivity contribution in [1.29, 1.82) is 0 Å². The Morgan fingerprint density at radius 2 is 1.58 bits per heavy atom. The Labute approximate surface area is 178 Å². The first-order valence-electron chi connectivity index (χ1n) is 9.84. The van der Waals surface area contributed by atoms with Crippen molar-refractivity contribution in [2.75, 3.05) is 6.54 Å². The zero-order chi connectivity index (χ0) is 22.5. The molecule has 2 aromatic rings. The van der Waals surface area contributed by atoms with E-state index in [0.29, 0.717) is 24.8 Å². The van der Waals surface area contributed by atoms with Crippen molar-refractivity contribution < 1.29 is 34.1 Å². The van der Waals surface area contributed by atoms with Crippen LogP contribution < -0.4 is 0 Å². The van der Waals surface area contributed by atoms with Crippen molar-refractivity contribution in [1.82, 2.24) is 4.90 Å². The summed E-state index contributed by atoms with van der Waals surface area (Å²) >= 11 is 0. The molecule has 31 heavy (non-hydrogen) atoms. The van der Waals surface area contributed by atoms with Gasteiger partial charge in [0.1, 0.15) is 17.3 Å². The van der Waals surface area contributed by atoms with E-state index >= 15 is 0 Å². The third-order valence-corrected chi connectivity index (χ3v) is 5.16. The summed E-state index contributed by atoms with van der Waals surface area (Å²) < 4.78 is 13.3. The lowest BCUT2D eigenvalue weighted by molar-refractivity contribution is -0.140. The summed E-state index contributed by atoms with van der Waals surface area (Å²) in [5, 5.41) is 29.2. The van der Waals surface area contributed by atoms with E-state index in [1.165, 1.54) is 29.2 Å². The van der Waals surface area contributed by atoms with Crippen LogP contribution in [0.1, 0.15) is 42.9 Å². The number of amides is 1. The van der Waals surface area contributed by atoms with Crippen LogP contribution in [0.5, 0.6) is 5.75 Å². The number of carbonyl (C=O) groups is 3. The second-order valence-corrected chi connectivity index (χ2v) is 7.30. The number of phenolic OH excluding ortho intramolecular Hbond substituents is 1. The number of carbonyl (C=O) groups excluding carboxylic acids is 2. The molecule has 0 radical (unpaired) electrons. The van der Waals surface area contributed by atoms with Gasteiger partial charge in [-0.3, -0.25) is 14.4 Å². The summed E-state index contributed by atoms with van der Waals surface area (Å²) in [6.07, 6.45) is 1.49. The second kappa shape index (κ2) is 9.42. The molecule has 162 valence electrons. The summed E-state index contributed by atoms with van der Waals surface area (Å²) in [4.78, 5) is 37.6. The molecule has 1 aliphatic heterocycles. The zero-order valence-electron chi connectivity index (χ0n) is 16.6. The van der Waals surface area contributed by atoms with Gasteiger partial charge in [0.15, 0.2) is 0 Å². The van der Waals surface area contributed by atoms with Gasteiger partial charge in [0, 0.05) is 18.5 Å². The zero-order valence-corrected chi connectivity index (χ0v) is 16.6. The van der Waals surface area contributed by atoms with E-state index in [-0.39, 0.29) is 29.9 Å². The summed E-state index contributed by atoms with van der Waals surface area (Å²) in [6, 6.07) is 9.98. The number of aliphatic hydroxyl groups excluding tert-OH is 1. The van der Waals surface area contributed by atoms with Gasteiger partial charge >= 0.3 is 5.97 Å². The molecule has 1 amide bonds. The Hall–Kier alpha value is -3.68. The van der Waals surface area contributed by atoms with E-state index < -0.39 is 35.3 Å². The van der Waals surface area contributed by atoms with E-state index in [4.69, 9.17) is 5.11 Å². The summed E-state index contributed by atoms with van der Waals surface area (Å²) in [7, 11) is 0. The van der Waals surface area contributed by atoms with Crippen molar-refractivity contribution in [3.05, 3.63) is 71.0 Å². The molecule has 1 saturated heterocycles. The fourth-order valence-corrected chi connectivity index (χ4v) is 3.61. The maximum Gasteiger partial charge on any atom is 0.303 e. The number of hydrogen-bond acceptors (Lipinski definition) is 5. The third kappa shape index (κ3) is 4.91. The largest absolute Gasteiger partial charge is 0.508 e. The molecule has 7 nitrogen and oxygen atoms in total. The van der Waals surface area contributed by atoms with Crippen LogP contribution >= 0.6 is 0 Å². The van der Waals surface area contributed by atoms with E-state index in [0.717, 1.165) is 12.1 Å². The molecule has 0 saturated carbocycles. The molecule has 1 fully saturated rings. The highest BCUT2D eigenvalue weighted by atomic mass is 19.1. The molecule has 1 heterocycles. The van der Waals surface area contributed by atoms with Crippen molar-refractivity contribution in [3.63, 3.8) is 0 Å². The minimum atomic E-state index is -0.899. The molecule has 0 aliphatic carbocycles. The molecule has 1 unspecified atom stereocenters. The highest BCUT2D eigenvalue weighted by Gasteiger charge is 2.45. The number of likely N-dealkylation sites (tertiary alicyclic amines) is 1. The molecule has 2 aromatic carbocycles. The highest BCUT2D eigenvalue weighted by molar-refractivity contribution is 6.46. The first kappa shape index (κ1) is 22.0. The maximum absolute atomic E-state index is 13.3. The number of carboxylic acids is 1. The van der Waals surface area contributed by atoms with Crippen LogP contribution in [0.4, 0.5) is 4.39 Å². The van der Waals surface area contributed by atoms with Crippen LogP contribution in [0.2, 0.25) is 0 Å². The van der Waals surface area contributed by atoms with Gasteiger partial charge in [-0.25, -0.2) is 4.39 Å². The number of benzene rings is 2. The average Bonchev–Trinajstić information content (AvgIpc) is 2.99. The summed E-state index contributed by atoms with van der Waals surface area (Å²) in [6.45, 7) is 0.190. The van der Waals surface area contributed by atoms with Gasteiger partial charge in [0.2, 0.25) is 0 Å². The van der Waals surface area contributed by atoms with Crippen molar-refractivity contribution in [2.24, 2.45) is 0 Å². The molecule has 1 atom stereocenters. The molecule has 0 spiro atoms. The predicted octanol–water partition coefficient (Wildman–Crippen LogP) is 3.60. The van der Waals surface area contributed by atoms with Gasteiger partial charge in [-0.15, -0.1) is 0 Å². The van der Waals surface area contributed by atoms with Crippen molar-refractivity contribution >= 4 is 23.4 Å². The van der Waals surface area contributed by atoms with Crippen molar-refractivity contribution in [3.8, 4) is 5.75 Å². The Bertz CT molecular complexity index is 1010. The smallest absolute Gasteiger partial charge is 0.303 e. The Kier molecular flexibility index (Phi) is 6.69. The van der Waals surface area contributed by atoms with Crippen LogP contribution in [0, 0.1) is 5.82 Å². The van der Waals surface area contributed by atoms with Gasteiger partial charge < -0.3 is 20.2 Å². The van der Waals surface area contributed by atoms with E-state index in [1.807, 2.05) is 0 Å². The van der Waals surface area contributed by atoms with E-state index in [9.17, 15) is 29.0 Å². The molecule has 3 N–H and O–H groups in total. The summed E-state index contributed by atoms with van der Waals surface area (Å²) in [5.74, 6) is -3.44. The van der Waals surface area contributed by atoms with Gasteiger partial charge in [-0.2, -0.15) is 0 Å². The molecule has 0 bridgehead atoms. The number of ketones is 1. The maximum atomic E-state index is 13.3. The van der Waals surface area contributed by atoms with Gasteiger partial charge in [0.25, 0.3) is 11.7 Å². The van der Waals surface area contributed by atoms with Gasteiger partial charge in [0.05, 0.1) is 11.6 Å². The number of aliphatic hydroxyl groups is 1. The van der Waals surface area contributed by atoms with Crippen LogP contribution in [-0.4, -0.2) is 44.4 Å². The Morgan fingerprint density at radius 1 is 0.935 bits per heavy atom. The minimum Gasteiger partial charge on any atom is -0.508 e. The number of phenols is 1. The fourth-order valence-electron chi connectivity index (χ4n) is 3.61. The third-order valence-electron chi connectivity index (χ3n) is 5.16. The average molecular weight is 427 g/mol. The Morgan fingerprint density at radius 3 is 2.19 bits per heavy atom. The number of nitrogens with zero attached hydrogens (tertiary/aromatic N) is 1. The van der Waals surface area contributed by atoms with Crippen LogP contribution in [0.3, 0.4) is 0 Å². The standard InChI is InChI=1S/C23H22FNO6/c24-16-9-5-15(6-10-16)21(29)19-20(14-7-11-17(26)12-8-14)25(23(31)22(19)30)13-3-1-2-4-18(27)28/h5-12,20,26,29H,1-4,13H2,(H,27,28)/b21-19-. The van der Waals surface area contributed by atoms with E-state index in [1.54, 1.807) is 12.1 Å². The number of rotatable bonds is 8. The molecule has 0 aromatic heterocycles. The molecule has 1 aliphatic rings. The number of aliphatic carboxylic acids is 1. The quantitative estimate of drug-likeness (QED) is 0.257. The molecule has 8 heteroatoms. The Balaban J connectivity index is 1.96. The molecule has 3 rings (SSSR count). The van der Waals surface area contributed by atoms with Gasteiger partial charge in [-0.1, -0.05) is 18.6 Å². The van der Waals surface area contributed by atoms with E-state index in [2.05, 4.69) is 0 Å². The minimum absolute atomic E-state index is 0.00732. The number of aromatic hydroxyl groups is 1. The number of unbranched alkanes of at least 4 members (excludes halogenated alkanes) is 2. The number of hydrogen-bond donors (Lipinski definition) is 3. The number of carboxylic acid groups (broad SMARTS) is 1. The predicted molar refractivity (Wildman–Crippen MR) is 110 cm³/mol. The highest BCUT2D eigenvalue weighted by Crippen LogP contribution is 2.39. The number of Topliss-reactive ketones (excluding diaryl/α,β-unsaturated/α-hetero) is 1.